The number of ether oxygens (including phenoxy) is 3. The summed E-state index contributed by atoms with van der Waals surface area (Å²) in [6, 6.07) is 0. The second kappa shape index (κ2) is 31.2. The van der Waals surface area contributed by atoms with E-state index in [0.29, 0.717) is 56.3 Å². The fraction of sp³-hybridized carbons (Fsp3) is 0.857. The van der Waals surface area contributed by atoms with Crippen molar-refractivity contribution in [3.05, 3.63) is 0 Å². The van der Waals surface area contributed by atoms with E-state index in [0.717, 1.165) is 3.93 Å². The van der Waals surface area contributed by atoms with E-state index < -0.39 is 35.7 Å². The van der Waals surface area contributed by atoms with Gasteiger partial charge in [0, 0.05) is 76.8 Å². The molecule has 0 saturated heterocycles. The number of methoxy groups -OCH3 is 3. The Bertz CT molecular complexity index is 422. The molecule has 0 aromatic rings. The van der Waals surface area contributed by atoms with E-state index in [9.17, 15) is 29.7 Å². The van der Waals surface area contributed by atoms with E-state index in [4.69, 9.17) is 14.2 Å². The Morgan fingerprint density at radius 3 is 0.912 bits per heavy atom. The summed E-state index contributed by atoms with van der Waals surface area (Å²) in [5.74, 6) is -3.66. The van der Waals surface area contributed by atoms with Crippen LogP contribution >= 0.6 is 37.9 Å². The fourth-order valence-corrected chi connectivity index (χ4v) is 2.63. The number of carbonyl (C=O) groups is 3. The maximum absolute atomic E-state index is 10.2. The molecule has 0 radical (unpaired) electrons. The Hall–Kier alpha value is 0.139. The molecule has 0 fully saturated rings. The van der Waals surface area contributed by atoms with E-state index >= 15 is 0 Å². The summed E-state index contributed by atoms with van der Waals surface area (Å²) < 4.78 is 15.0. The summed E-state index contributed by atoms with van der Waals surface area (Å²) in [6.45, 7) is 5.74. The number of rotatable bonds is 15. The first-order valence-electron chi connectivity index (χ1n) is 10.5. The van der Waals surface area contributed by atoms with Crippen LogP contribution < -0.4 is 15.3 Å². The summed E-state index contributed by atoms with van der Waals surface area (Å²) in [7, 11) is 4.60. The van der Waals surface area contributed by atoms with Crippen molar-refractivity contribution in [2.75, 3.05) is 58.4 Å². The number of hydrogen-bond acceptors (Lipinski definition) is 12. The summed E-state index contributed by atoms with van der Waals surface area (Å²) in [6.07, 6.45) is 1.42. The van der Waals surface area contributed by atoms with E-state index in [1.54, 1.807) is 22.5 Å². The van der Waals surface area contributed by atoms with Gasteiger partial charge >= 0.3 is 40.3 Å². The van der Waals surface area contributed by atoms with Crippen molar-refractivity contribution in [1.82, 2.24) is 0 Å². The van der Waals surface area contributed by atoms with Crippen LogP contribution in [0.25, 0.3) is 0 Å². The molecule has 0 N–H and O–H groups in total. The van der Waals surface area contributed by atoms with Crippen molar-refractivity contribution in [1.29, 1.82) is 0 Å². The molecule has 0 aliphatic heterocycles. The molecule has 34 heavy (non-hydrogen) atoms. The molecule has 13 heteroatoms. The number of thiol groups is 3. The number of carboxylic acid groups (broad SMARTS) is 3. The average molecular weight is 651 g/mol. The van der Waals surface area contributed by atoms with Gasteiger partial charge in [-0.05, 0) is 36.5 Å². The van der Waals surface area contributed by atoms with Gasteiger partial charge in [-0.25, -0.2) is 0 Å². The van der Waals surface area contributed by atoms with Gasteiger partial charge in [0.2, 0.25) is 0 Å². The van der Waals surface area contributed by atoms with Crippen molar-refractivity contribution in [3.63, 3.8) is 0 Å². The zero-order chi connectivity index (χ0) is 27.5. The third-order valence-corrected chi connectivity index (χ3v) is 4.99. The first-order chi connectivity index (χ1) is 15.9. The SMILES string of the molecule is COCCC(CS)C(=O)[O-].COCCC(CS)C(=O)[O-].COCCC(CS)C(=O)[O-].C[CH](C)[Sn+3]. The molecular weight excluding hydrogens is 611 g/mol. The molecule has 0 rings (SSSR count). The van der Waals surface area contributed by atoms with Crippen LogP contribution in [0.15, 0.2) is 0 Å². The van der Waals surface area contributed by atoms with Crippen LogP contribution in [0.3, 0.4) is 0 Å². The zero-order valence-corrected chi connectivity index (χ0v) is 26.2. The summed E-state index contributed by atoms with van der Waals surface area (Å²) in [5, 5.41) is 30.7. The Balaban J connectivity index is -0.000000184. The first-order valence-corrected chi connectivity index (χ1v) is 14.1. The minimum atomic E-state index is -1.05. The summed E-state index contributed by atoms with van der Waals surface area (Å²) >= 11 is 13.2. The van der Waals surface area contributed by atoms with Gasteiger partial charge in [-0.2, -0.15) is 37.9 Å². The van der Waals surface area contributed by atoms with Gasteiger partial charge in [0.15, 0.2) is 0 Å². The molecule has 0 amide bonds. The van der Waals surface area contributed by atoms with Crippen LogP contribution in [0.2, 0.25) is 3.93 Å². The molecule has 0 spiro atoms. The molecule has 0 aliphatic carbocycles. The van der Waals surface area contributed by atoms with E-state index in [1.165, 1.54) is 21.3 Å². The zero-order valence-electron chi connectivity index (χ0n) is 20.7. The van der Waals surface area contributed by atoms with Crippen LogP contribution in [-0.4, -0.2) is 98.8 Å². The van der Waals surface area contributed by atoms with Gasteiger partial charge in [0.05, 0.1) is 0 Å². The van der Waals surface area contributed by atoms with Crippen molar-refractivity contribution >= 4 is 78.3 Å². The quantitative estimate of drug-likeness (QED) is 0.149. The standard InChI is InChI=1S/3C6H12O3S.C3H7.Sn/c3*1-9-3-2-5(4-10)6(7)8;1-3-2;/h3*5,10H,2-4H2,1H3,(H,7,8);3H,1-2H3;/q;;;;+3/p-3. The number of aliphatic carboxylic acids is 3. The molecule has 0 aromatic carbocycles. The molecule has 200 valence electrons. The molecular formula is C21H40O9S3Sn. The molecule has 0 heterocycles. The Labute approximate surface area is 234 Å². The number of carboxylic acids is 3. The van der Waals surface area contributed by atoms with Gasteiger partial charge in [0.1, 0.15) is 0 Å². The predicted octanol–water partition coefficient (Wildman–Crippen LogP) is -1.06. The monoisotopic (exact) mass is 652 g/mol. The minimum absolute atomic E-state index is 0.311. The van der Waals surface area contributed by atoms with Crippen molar-refractivity contribution < 1.29 is 43.9 Å². The molecule has 0 bridgehead atoms. The first kappa shape index (κ1) is 41.3. The second-order valence-corrected chi connectivity index (χ2v) is 11.5. The van der Waals surface area contributed by atoms with Crippen LogP contribution in [-0.2, 0) is 28.6 Å². The van der Waals surface area contributed by atoms with E-state index in [-0.39, 0.29) is 0 Å². The number of carbonyl (C=O) groups excluding carboxylic acids is 3. The van der Waals surface area contributed by atoms with Crippen LogP contribution in [0.5, 0.6) is 0 Å². The van der Waals surface area contributed by atoms with Crippen LogP contribution in [0.1, 0.15) is 33.1 Å². The van der Waals surface area contributed by atoms with Crippen molar-refractivity contribution in [3.8, 4) is 0 Å². The predicted molar refractivity (Wildman–Crippen MR) is 137 cm³/mol. The Kier molecular flexibility index (Phi) is 37.8. The molecule has 9 nitrogen and oxygen atoms in total. The topological polar surface area (TPSA) is 148 Å². The van der Waals surface area contributed by atoms with Crippen molar-refractivity contribution in [2.45, 2.75) is 37.0 Å². The van der Waals surface area contributed by atoms with Gasteiger partial charge in [-0.3, -0.25) is 0 Å². The Morgan fingerprint density at radius 1 is 0.647 bits per heavy atom. The molecule has 0 aromatic heterocycles. The summed E-state index contributed by atoms with van der Waals surface area (Å²) in [4.78, 5) is 30.7. The van der Waals surface area contributed by atoms with E-state index in [1.807, 2.05) is 0 Å². The Morgan fingerprint density at radius 2 is 0.824 bits per heavy atom. The van der Waals surface area contributed by atoms with E-state index in [2.05, 4.69) is 51.7 Å². The third-order valence-electron chi connectivity index (χ3n) is 3.67. The second-order valence-electron chi connectivity index (χ2n) is 7.09. The van der Waals surface area contributed by atoms with Crippen LogP contribution in [0.4, 0.5) is 0 Å². The summed E-state index contributed by atoms with van der Waals surface area (Å²) in [5.41, 5.74) is 0. The normalized spacial score (nSPS) is 12.6. The third kappa shape index (κ3) is 34.3. The molecule has 3 unspecified atom stereocenters. The maximum atomic E-state index is 10.2. The fourth-order valence-electron chi connectivity index (χ4n) is 1.63. The van der Waals surface area contributed by atoms with Crippen molar-refractivity contribution in [2.24, 2.45) is 17.8 Å². The average Bonchev–Trinajstić information content (AvgIpc) is 2.75. The number of hydrogen-bond donors (Lipinski definition) is 3. The molecule has 3 atom stereocenters. The van der Waals surface area contributed by atoms with Gasteiger partial charge in [-0.15, -0.1) is 0 Å². The van der Waals surface area contributed by atoms with Crippen LogP contribution in [0, 0.1) is 17.8 Å². The van der Waals surface area contributed by atoms with Gasteiger partial charge < -0.3 is 43.9 Å². The molecule has 0 aliphatic rings. The van der Waals surface area contributed by atoms with Gasteiger partial charge in [-0.1, -0.05) is 0 Å². The molecule has 0 saturated carbocycles. The van der Waals surface area contributed by atoms with Gasteiger partial charge in [0.25, 0.3) is 0 Å².